The SMILES string of the molecule is COc1ccccc1NS(=O)(=O)c1cc([N+](=O)[O-])ccc1NCCc1ccccc1. The van der Waals surface area contributed by atoms with Gasteiger partial charge >= 0.3 is 0 Å². The number of nitro benzene ring substituents is 1. The summed E-state index contributed by atoms with van der Waals surface area (Å²) in [5, 5.41) is 14.3. The van der Waals surface area contributed by atoms with Crippen LogP contribution in [0.2, 0.25) is 0 Å². The third kappa shape index (κ3) is 5.06. The molecule has 0 aromatic heterocycles. The molecule has 156 valence electrons. The van der Waals surface area contributed by atoms with E-state index in [-0.39, 0.29) is 22.0 Å². The molecule has 0 aliphatic heterocycles. The Hall–Kier alpha value is -3.59. The first kappa shape index (κ1) is 21.1. The molecule has 0 aliphatic carbocycles. The van der Waals surface area contributed by atoms with Crippen LogP contribution in [0.25, 0.3) is 0 Å². The summed E-state index contributed by atoms with van der Waals surface area (Å²) in [4.78, 5) is 10.4. The highest BCUT2D eigenvalue weighted by atomic mass is 32.2. The summed E-state index contributed by atoms with van der Waals surface area (Å²) in [6.07, 6.45) is 0.664. The minimum Gasteiger partial charge on any atom is -0.495 e. The Labute approximate surface area is 174 Å². The van der Waals surface area contributed by atoms with Gasteiger partial charge in [-0.05, 0) is 30.2 Å². The second kappa shape index (κ2) is 9.27. The van der Waals surface area contributed by atoms with Gasteiger partial charge in [0.1, 0.15) is 10.6 Å². The van der Waals surface area contributed by atoms with Gasteiger partial charge < -0.3 is 10.1 Å². The topological polar surface area (TPSA) is 111 Å². The van der Waals surface area contributed by atoms with E-state index >= 15 is 0 Å². The fourth-order valence-corrected chi connectivity index (χ4v) is 4.18. The zero-order valence-corrected chi connectivity index (χ0v) is 17.1. The van der Waals surface area contributed by atoms with Crippen LogP contribution >= 0.6 is 0 Å². The molecule has 30 heavy (non-hydrogen) atoms. The van der Waals surface area contributed by atoms with Crippen LogP contribution in [-0.4, -0.2) is 27.0 Å². The Morgan fingerprint density at radius 1 is 0.967 bits per heavy atom. The maximum Gasteiger partial charge on any atom is 0.270 e. The van der Waals surface area contributed by atoms with Crippen LogP contribution in [0.3, 0.4) is 0 Å². The summed E-state index contributed by atoms with van der Waals surface area (Å²) in [6.45, 7) is 0.457. The van der Waals surface area contributed by atoms with Crippen LogP contribution in [0.1, 0.15) is 5.56 Å². The first-order chi connectivity index (χ1) is 14.4. The lowest BCUT2D eigenvalue weighted by atomic mass is 10.1. The molecule has 0 radical (unpaired) electrons. The van der Waals surface area contributed by atoms with E-state index in [4.69, 9.17) is 4.74 Å². The monoisotopic (exact) mass is 427 g/mol. The zero-order chi connectivity index (χ0) is 21.6. The van der Waals surface area contributed by atoms with Gasteiger partial charge in [0.05, 0.1) is 23.4 Å². The van der Waals surface area contributed by atoms with E-state index in [9.17, 15) is 18.5 Å². The number of para-hydroxylation sites is 2. The number of hydrogen-bond acceptors (Lipinski definition) is 6. The predicted molar refractivity (Wildman–Crippen MR) is 116 cm³/mol. The van der Waals surface area contributed by atoms with Crippen LogP contribution in [0.4, 0.5) is 17.1 Å². The summed E-state index contributed by atoms with van der Waals surface area (Å²) in [7, 11) is -2.70. The van der Waals surface area contributed by atoms with Gasteiger partial charge in [-0.1, -0.05) is 42.5 Å². The second-order valence-corrected chi connectivity index (χ2v) is 8.06. The van der Waals surface area contributed by atoms with E-state index in [1.807, 2.05) is 30.3 Å². The molecule has 0 unspecified atom stereocenters. The molecule has 0 fully saturated rings. The summed E-state index contributed by atoms with van der Waals surface area (Å²) in [5.74, 6) is 0.338. The Bertz CT molecular complexity index is 1130. The van der Waals surface area contributed by atoms with Crippen LogP contribution in [-0.2, 0) is 16.4 Å². The highest BCUT2D eigenvalue weighted by molar-refractivity contribution is 7.93. The Balaban J connectivity index is 1.90. The minimum atomic E-state index is -4.12. The molecule has 0 amide bonds. The number of anilines is 2. The second-order valence-electron chi connectivity index (χ2n) is 6.41. The average molecular weight is 427 g/mol. The maximum atomic E-state index is 13.1. The van der Waals surface area contributed by atoms with Gasteiger partial charge in [-0.15, -0.1) is 0 Å². The Morgan fingerprint density at radius 3 is 2.37 bits per heavy atom. The number of hydrogen-bond donors (Lipinski definition) is 2. The highest BCUT2D eigenvalue weighted by Gasteiger charge is 2.23. The molecule has 9 heteroatoms. The van der Waals surface area contributed by atoms with Crippen molar-refractivity contribution in [2.24, 2.45) is 0 Å². The fraction of sp³-hybridized carbons (Fsp3) is 0.143. The number of non-ortho nitro benzene ring substituents is 1. The lowest BCUT2D eigenvalue weighted by molar-refractivity contribution is -0.385. The lowest BCUT2D eigenvalue weighted by Crippen LogP contribution is -2.17. The molecule has 3 aromatic rings. The fourth-order valence-electron chi connectivity index (χ4n) is 2.91. The number of sulfonamides is 1. The number of ether oxygens (including phenoxy) is 1. The molecular weight excluding hydrogens is 406 g/mol. The van der Waals surface area contributed by atoms with Gasteiger partial charge in [0.15, 0.2) is 0 Å². The summed E-state index contributed by atoms with van der Waals surface area (Å²) >= 11 is 0. The van der Waals surface area contributed by atoms with Gasteiger partial charge in [0.25, 0.3) is 15.7 Å². The number of methoxy groups -OCH3 is 1. The third-order valence-electron chi connectivity index (χ3n) is 4.39. The summed E-state index contributed by atoms with van der Waals surface area (Å²) < 4.78 is 33.8. The van der Waals surface area contributed by atoms with Gasteiger partial charge in [-0.2, -0.15) is 0 Å². The van der Waals surface area contributed by atoms with Crippen LogP contribution in [0.5, 0.6) is 5.75 Å². The maximum absolute atomic E-state index is 13.1. The summed E-state index contributed by atoms with van der Waals surface area (Å²) in [5.41, 5.74) is 1.29. The molecule has 3 aromatic carbocycles. The highest BCUT2D eigenvalue weighted by Crippen LogP contribution is 2.31. The van der Waals surface area contributed by atoms with Crippen molar-refractivity contribution >= 4 is 27.1 Å². The molecular formula is C21H21N3O5S. The molecule has 0 saturated carbocycles. The average Bonchev–Trinajstić information content (AvgIpc) is 2.74. The van der Waals surface area contributed by atoms with Crippen molar-refractivity contribution < 1.29 is 18.1 Å². The molecule has 0 aliphatic rings. The van der Waals surface area contributed by atoms with Crippen molar-refractivity contribution in [3.63, 3.8) is 0 Å². The van der Waals surface area contributed by atoms with Crippen LogP contribution in [0, 0.1) is 10.1 Å². The van der Waals surface area contributed by atoms with Gasteiger partial charge in [0.2, 0.25) is 0 Å². The molecule has 0 heterocycles. The molecule has 0 bridgehead atoms. The van der Waals surface area contributed by atoms with E-state index in [1.54, 1.807) is 24.3 Å². The van der Waals surface area contributed by atoms with Gasteiger partial charge in [0, 0.05) is 18.7 Å². The summed E-state index contributed by atoms with van der Waals surface area (Å²) in [6, 6.07) is 20.0. The molecule has 0 atom stereocenters. The zero-order valence-electron chi connectivity index (χ0n) is 16.2. The standard InChI is InChI=1S/C21H21N3O5S/c1-29-20-10-6-5-9-18(20)23-30(27,28)21-15-17(24(25)26)11-12-19(21)22-14-13-16-7-3-2-4-8-16/h2-12,15,22-23H,13-14H2,1H3. The van der Waals surface area contributed by atoms with Crippen molar-refractivity contribution in [3.05, 3.63) is 88.5 Å². The molecule has 8 nitrogen and oxygen atoms in total. The van der Waals surface area contributed by atoms with Crippen molar-refractivity contribution in [2.45, 2.75) is 11.3 Å². The third-order valence-corrected chi connectivity index (χ3v) is 5.79. The van der Waals surface area contributed by atoms with E-state index in [0.717, 1.165) is 11.6 Å². The lowest BCUT2D eigenvalue weighted by Gasteiger charge is -2.15. The molecule has 0 spiro atoms. The number of nitrogens with zero attached hydrogens (tertiary/aromatic N) is 1. The van der Waals surface area contributed by atoms with Crippen molar-refractivity contribution in [2.75, 3.05) is 23.7 Å². The number of rotatable bonds is 9. The van der Waals surface area contributed by atoms with Crippen molar-refractivity contribution in [1.29, 1.82) is 0 Å². The van der Waals surface area contributed by atoms with Crippen molar-refractivity contribution in [1.82, 2.24) is 0 Å². The predicted octanol–water partition coefficient (Wildman–Crippen LogP) is 4.06. The molecule has 3 rings (SSSR count). The largest absolute Gasteiger partial charge is 0.495 e. The van der Waals surface area contributed by atoms with Crippen LogP contribution < -0.4 is 14.8 Å². The van der Waals surface area contributed by atoms with E-state index in [0.29, 0.717) is 18.7 Å². The number of benzene rings is 3. The molecule has 0 saturated heterocycles. The first-order valence-corrected chi connectivity index (χ1v) is 10.6. The molecule has 2 N–H and O–H groups in total. The van der Waals surface area contributed by atoms with E-state index in [2.05, 4.69) is 10.0 Å². The van der Waals surface area contributed by atoms with Gasteiger partial charge in [-0.25, -0.2) is 8.42 Å². The number of nitrogens with one attached hydrogen (secondary N) is 2. The van der Waals surface area contributed by atoms with Crippen molar-refractivity contribution in [3.8, 4) is 5.75 Å². The number of nitro groups is 1. The first-order valence-electron chi connectivity index (χ1n) is 9.13. The minimum absolute atomic E-state index is 0.212. The smallest absolute Gasteiger partial charge is 0.270 e. The van der Waals surface area contributed by atoms with E-state index in [1.165, 1.54) is 19.2 Å². The normalized spacial score (nSPS) is 11.0. The van der Waals surface area contributed by atoms with E-state index < -0.39 is 14.9 Å². The van der Waals surface area contributed by atoms with Crippen LogP contribution in [0.15, 0.2) is 77.7 Å². The van der Waals surface area contributed by atoms with Gasteiger partial charge in [-0.3, -0.25) is 14.8 Å². The quantitative estimate of drug-likeness (QED) is 0.394. The Morgan fingerprint density at radius 2 is 1.67 bits per heavy atom. The Kier molecular flexibility index (Phi) is 6.53.